The van der Waals surface area contributed by atoms with Gasteiger partial charge in [0, 0.05) is 12.1 Å². The Balaban J connectivity index is 3.04. The van der Waals surface area contributed by atoms with Crippen molar-refractivity contribution in [3.63, 3.8) is 0 Å². The van der Waals surface area contributed by atoms with Crippen molar-refractivity contribution in [1.82, 2.24) is 0 Å². The Kier molecular flexibility index (Phi) is 5.24. The summed E-state index contributed by atoms with van der Waals surface area (Å²) in [7, 11) is 3.17. The van der Waals surface area contributed by atoms with Crippen LogP contribution in [0.1, 0.15) is 19.4 Å². The number of esters is 1. The predicted molar refractivity (Wildman–Crippen MR) is 69.8 cm³/mol. The summed E-state index contributed by atoms with van der Waals surface area (Å²) in [5.74, 6) is 1.01. The fourth-order valence-corrected chi connectivity index (χ4v) is 1.48. The van der Waals surface area contributed by atoms with Crippen LogP contribution in [0.25, 0.3) is 5.57 Å². The van der Waals surface area contributed by atoms with Crippen LogP contribution >= 0.6 is 0 Å². The Morgan fingerprint density at radius 2 is 1.72 bits per heavy atom. The minimum absolute atomic E-state index is 0.350. The molecule has 0 unspecified atom stereocenters. The van der Waals surface area contributed by atoms with Crippen molar-refractivity contribution in [1.29, 1.82) is 0 Å². The van der Waals surface area contributed by atoms with Crippen molar-refractivity contribution in [2.24, 2.45) is 0 Å². The summed E-state index contributed by atoms with van der Waals surface area (Å²) in [5.41, 5.74) is 1.66. The lowest BCUT2D eigenvalue weighted by Crippen LogP contribution is -2.00. The van der Waals surface area contributed by atoms with Gasteiger partial charge in [0.15, 0.2) is 0 Å². The van der Waals surface area contributed by atoms with Crippen molar-refractivity contribution in [2.75, 3.05) is 20.8 Å². The van der Waals surface area contributed by atoms with Gasteiger partial charge in [-0.25, -0.2) is 4.79 Å². The van der Waals surface area contributed by atoms with Crippen molar-refractivity contribution >= 4 is 11.5 Å². The number of hydrogen-bond acceptors (Lipinski definition) is 4. The first-order valence-electron chi connectivity index (χ1n) is 5.69. The number of ether oxygens (including phenoxy) is 3. The molecule has 0 aliphatic heterocycles. The maximum absolute atomic E-state index is 11.4. The van der Waals surface area contributed by atoms with Crippen LogP contribution in [0.15, 0.2) is 24.3 Å². The van der Waals surface area contributed by atoms with Crippen molar-refractivity contribution in [3.05, 3.63) is 29.8 Å². The minimum atomic E-state index is -0.350. The van der Waals surface area contributed by atoms with Gasteiger partial charge in [0.2, 0.25) is 0 Å². The lowest BCUT2D eigenvalue weighted by molar-refractivity contribution is -0.137. The molecule has 1 aromatic carbocycles. The van der Waals surface area contributed by atoms with Gasteiger partial charge in [-0.1, -0.05) is 0 Å². The molecule has 4 nitrogen and oxygen atoms in total. The van der Waals surface area contributed by atoms with Crippen LogP contribution in [0.2, 0.25) is 0 Å². The van der Waals surface area contributed by atoms with Crippen LogP contribution in [-0.4, -0.2) is 26.8 Å². The van der Waals surface area contributed by atoms with Gasteiger partial charge in [0.05, 0.1) is 20.8 Å². The van der Waals surface area contributed by atoms with Crippen LogP contribution in [0, 0.1) is 0 Å². The molecule has 0 aliphatic rings. The molecule has 0 aliphatic carbocycles. The highest BCUT2D eigenvalue weighted by molar-refractivity contribution is 5.91. The molecule has 0 N–H and O–H groups in total. The molecule has 0 saturated heterocycles. The second kappa shape index (κ2) is 6.69. The molecule has 18 heavy (non-hydrogen) atoms. The molecule has 0 amide bonds. The number of benzene rings is 1. The van der Waals surface area contributed by atoms with Gasteiger partial charge >= 0.3 is 5.97 Å². The second-order valence-electron chi connectivity index (χ2n) is 3.68. The molecule has 1 aromatic rings. The highest BCUT2D eigenvalue weighted by Crippen LogP contribution is 2.26. The summed E-state index contributed by atoms with van der Waals surface area (Å²) in [6.45, 7) is 3.98. The Labute approximate surface area is 107 Å². The van der Waals surface area contributed by atoms with E-state index < -0.39 is 0 Å². The second-order valence-corrected chi connectivity index (χ2v) is 3.68. The van der Waals surface area contributed by atoms with E-state index >= 15 is 0 Å². The number of rotatable bonds is 5. The average molecular weight is 250 g/mol. The normalized spacial score (nSPS) is 11.0. The molecule has 0 radical (unpaired) electrons. The summed E-state index contributed by atoms with van der Waals surface area (Å²) < 4.78 is 15.2. The first-order chi connectivity index (χ1) is 8.60. The number of carbonyl (C=O) groups is 1. The lowest BCUT2D eigenvalue weighted by atomic mass is 10.1. The molecule has 0 spiro atoms. The first-order valence-corrected chi connectivity index (χ1v) is 5.69. The number of carbonyl (C=O) groups excluding carboxylic acids is 1. The molecule has 0 bridgehead atoms. The summed E-state index contributed by atoms with van der Waals surface area (Å²) in [5, 5.41) is 0. The number of methoxy groups -OCH3 is 2. The Morgan fingerprint density at radius 1 is 1.17 bits per heavy atom. The monoisotopic (exact) mass is 250 g/mol. The lowest BCUT2D eigenvalue weighted by Gasteiger charge is -2.08. The van der Waals surface area contributed by atoms with E-state index in [-0.39, 0.29) is 5.97 Å². The van der Waals surface area contributed by atoms with Crippen molar-refractivity contribution in [3.8, 4) is 11.5 Å². The van der Waals surface area contributed by atoms with Crippen LogP contribution in [0.4, 0.5) is 0 Å². The molecular formula is C14H18O4. The Bertz CT molecular complexity index is 427. The fraction of sp³-hybridized carbons (Fsp3) is 0.357. The standard InChI is InChI=1S/C14H18O4/c1-5-18-14(15)6-10(2)11-7-12(16-3)9-13(8-11)17-4/h6-9H,5H2,1-4H3. The highest BCUT2D eigenvalue weighted by Gasteiger charge is 2.05. The van der Waals surface area contributed by atoms with E-state index in [1.807, 2.05) is 19.1 Å². The van der Waals surface area contributed by atoms with E-state index in [2.05, 4.69) is 0 Å². The SMILES string of the molecule is CCOC(=O)C=C(C)c1cc(OC)cc(OC)c1. The van der Waals surface area contributed by atoms with E-state index in [1.54, 1.807) is 27.2 Å². The summed E-state index contributed by atoms with van der Waals surface area (Å²) in [6, 6.07) is 5.46. The topological polar surface area (TPSA) is 44.8 Å². The molecule has 0 heterocycles. The van der Waals surface area contributed by atoms with Gasteiger partial charge in [-0.05, 0) is 37.1 Å². The van der Waals surface area contributed by atoms with Gasteiger partial charge in [0.25, 0.3) is 0 Å². The third-order valence-electron chi connectivity index (χ3n) is 2.43. The van der Waals surface area contributed by atoms with E-state index in [4.69, 9.17) is 14.2 Å². The van der Waals surface area contributed by atoms with Gasteiger partial charge in [0.1, 0.15) is 11.5 Å². The van der Waals surface area contributed by atoms with E-state index in [0.717, 1.165) is 11.1 Å². The Morgan fingerprint density at radius 3 is 2.17 bits per heavy atom. The minimum Gasteiger partial charge on any atom is -0.497 e. The average Bonchev–Trinajstić information content (AvgIpc) is 2.38. The summed E-state index contributed by atoms with van der Waals surface area (Å²) in [6.07, 6.45) is 1.46. The van der Waals surface area contributed by atoms with E-state index in [9.17, 15) is 4.79 Å². The maximum Gasteiger partial charge on any atom is 0.331 e. The van der Waals surface area contributed by atoms with Gasteiger partial charge in [-0.3, -0.25) is 0 Å². The van der Waals surface area contributed by atoms with Crippen LogP contribution in [0.3, 0.4) is 0 Å². The third kappa shape index (κ3) is 3.80. The van der Waals surface area contributed by atoms with Gasteiger partial charge in [-0.15, -0.1) is 0 Å². The fourth-order valence-electron chi connectivity index (χ4n) is 1.48. The van der Waals surface area contributed by atoms with Crippen molar-refractivity contribution in [2.45, 2.75) is 13.8 Å². The number of allylic oxidation sites excluding steroid dienone is 1. The molecule has 0 saturated carbocycles. The predicted octanol–water partition coefficient (Wildman–Crippen LogP) is 2.67. The van der Waals surface area contributed by atoms with Gasteiger partial charge < -0.3 is 14.2 Å². The molecule has 0 fully saturated rings. The largest absolute Gasteiger partial charge is 0.497 e. The molecule has 0 atom stereocenters. The highest BCUT2D eigenvalue weighted by atomic mass is 16.5. The van der Waals surface area contributed by atoms with Crippen LogP contribution < -0.4 is 9.47 Å². The van der Waals surface area contributed by atoms with Gasteiger partial charge in [-0.2, -0.15) is 0 Å². The first kappa shape index (κ1) is 14.1. The quantitative estimate of drug-likeness (QED) is 0.595. The smallest absolute Gasteiger partial charge is 0.331 e. The van der Waals surface area contributed by atoms with Crippen LogP contribution in [-0.2, 0) is 9.53 Å². The Hall–Kier alpha value is -1.97. The summed E-state index contributed by atoms with van der Waals surface area (Å²) in [4.78, 5) is 11.4. The zero-order valence-electron chi connectivity index (χ0n) is 11.1. The summed E-state index contributed by atoms with van der Waals surface area (Å²) >= 11 is 0. The van der Waals surface area contributed by atoms with Crippen LogP contribution in [0.5, 0.6) is 11.5 Å². The van der Waals surface area contributed by atoms with E-state index in [0.29, 0.717) is 18.1 Å². The molecule has 1 rings (SSSR count). The zero-order chi connectivity index (χ0) is 13.5. The molecule has 4 heteroatoms. The molecular weight excluding hydrogens is 232 g/mol. The van der Waals surface area contributed by atoms with Crippen molar-refractivity contribution < 1.29 is 19.0 Å². The zero-order valence-corrected chi connectivity index (χ0v) is 11.1. The number of hydrogen-bond donors (Lipinski definition) is 0. The van der Waals surface area contributed by atoms with E-state index in [1.165, 1.54) is 6.08 Å². The third-order valence-corrected chi connectivity index (χ3v) is 2.43. The molecule has 98 valence electrons. The maximum atomic E-state index is 11.4. The molecule has 0 aromatic heterocycles.